The molecular weight excluding hydrogens is 412 g/mol. The highest BCUT2D eigenvalue weighted by Crippen LogP contribution is 2.38. The van der Waals surface area contributed by atoms with Crippen LogP contribution in [0.4, 0.5) is 0 Å². The van der Waals surface area contributed by atoms with Crippen molar-refractivity contribution in [3.05, 3.63) is 120 Å². The zero-order valence-corrected chi connectivity index (χ0v) is 18.3. The maximum absolute atomic E-state index is 9.31. The summed E-state index contributed by atoms with van der Waals surface area (Å²) >= 11 is 0. The number of hydrogen-bond donors (Lipinski definition) is 0. The average Bonchev–Trinajstić information content (AvgIpc) is 2.92. The van der Waals surface area contributed by atoms with E-state index in [0.29, 0.717) is 11.1 Å². The van der Waals surface area contributed by atoms with Gasteiger partial charge in [0, 0.05) is 0 Å². The van der Waals surface area contributed by atoms with Crippen LogP contribution in [0.1, 0.15) is 11.1 Å². The molecule has 0 aliphatic rings. The SMILES string of the molecule is N#Cc1cccc(-c2ccc3c4ccc(-c5cccc(C#N)c5)cc4c4ccccc4c3c2)c1. The van der Waals surface area contributed by atoms with Crippen LogP contribution in [0, 0.1) is 22.7 Å². The fourth-order valence-corrected chi connectivity index (χ4v) is 4.85. The number of hydrogen-bond acceptors (Lipinski definition) is 2. The van der Waals surface area contributed by atoms with Gasteiger partial charge in [0.1, 0.15) is 0 Å². The Morgan fingerprint density at radius 2 is 0.765 bits per heavy atom. The highest BCUT2D eigenvalue weighted by atomic mass is 14.2. The van der Waals surface area contributed by atoms with Gasteiger partial charge in [-0.15, -0.1) is 0 Å². The zero-order chi connectivity index (χ0) is 23.1. The molecule has 0 radical (unpaired) electrons. The molecule has 6 aromatic carbocycles. The zero-order valence-electron chi connectivity index (χ0n) is 18.3. The molecule has 0 saturated carbocycles. The van der Waals surface area contributed by atoms with Gasteiger partial charge in [-0.25, -0.2) is 0 Å². The summed E-state index contributed by atoms with van der Waals surface area (Å²) in [4.78, 5) is 0. The molecule has 2 nitrogen and oxygen atoms in total. The quantitative estimate of drug-likeness (QED) is 0.260. The molecule has 0 aliphatic carbocycles. The van der Waals surface area contributed by atoms with Gasteiger partial charge in [0.2, 0.25) is 0 Å². The van der Waals surface area contributed by atoms with Gasteiger partial charge in [-0.1, -0.05) is 72.8 Å². The van der Waals surface area contributed by atoms with Crippen molar-refractivity contribution in [3.8, 4) is 34.4 Å². The van der Waals surface area contributed by atoms with E-state index >= 15 is 0 Å². The van der Waals surface area contributed by atoms with Crippen LogP contribution in [0.2, 0.25) is 0 Å². The van der Waals surface area contributed by atoms with Gasteiger partial charge in [-0.2, -0.15) is 10.5 Å². The minimum absolute atomic E-state index is 0.661. The lowest BCUT2D eigenvalue weighted by molar-refractivity contribution is 1.48. The molecular formula is C32H18N2. The van der Waals surface area contributed by atoms with Gasteiger partial charge in [0.05, 0.1) is 23.3 Å². The van der Waals surface area contributed by atoms with Crippen LogP contribution in [-0.4, -0.2) is 0 Å². The first-order valence-electron chi connectivity index (χ1n) is 11.1. The largest absolute Gasteiger partial charge is 0.192 e. The van der Waals surface area contributed by atoms with Crippen LogP contribution in [0.3, 0.4) is 0 Å². The molecule has 34 heavy (non-hydrogen) atoms. The smallest absolute Gasteiger partial charge is 0.0991 e. The van der Waals surface area contributed by atoms with Crippen molar-refractivity contribution in [2.24, 2.45) is 0 Å². The second-order valence-electron chi connectivity index (χ2n) is 8.45. The molecule has 0 spiro atoms. The highest BCUT2D eigenvalue weighted by molar-refractivity contribution is 6.26. The Labute approximate surface area is 197 Å². The number of benzene rings is 6. The Hall–Kier alpha value is -4.92. The molecule has 2 heteroatoms. The summed E-state index contributed by atoms with van der Waals surface area (Å²) in [5.74, 6) is 0. The van der Waals surface area contributed by atoms with Crippen molar-refractivity contribution < 1.29 is 0 Å². The van der Waals surface area contributed by atoms with Crippen molar-refractivity contribution in [1.82, 2.24) is 0 Å². The van der Waals surface area contributed by atoms with Gasteiger partial charge in [0.25, 0.3) is 0 Å². The molecule has 0 amide bonds. The van der Waals surface area contributed by atoms with Crippen molar-refractivity contribution in [2.45, 2.75) is 0 Å². The lowest BCUT2D eigenvalue weighted by atomic mass is 9.90. The fraction of sp³-hybridized carbons (Fsp3) is 0. The second-order valence-corrected chi connectivity index (χ2v) is 8.45. The Kier molecular flexibility index (Phi) is 4.58. The summed E-state index contributed by atoms with van der Waals surface area (Å²) in [6.45, 7) is 0. The van der Waals surface area contributed by atoms with E-state index in [9.17, 15) is 10.5 Å². The number of nitrogens with zero attached hydrogens (tertiary/aromatic N) is 2. The second kappa shape index (κ2) is 7.89. The van der Waals surface area contributed by atoms with Gasteiger partial charge in [-0.05, 0) is 91.0 Å². The van der Waals surface area contributed by atoms with Crippen LogP contribution in [0.5, 0.6) is 0 Å². The molecule has 0 unspecified atom stereocenters. The van der Waals surface area contributed by atoms with E-state index in [1.165, 1.54) is 32.3 Å². The van der Waals surface area contributed by atoms with Crippen LogP contribution >= 0.6 is 0 Å². The topological polar surface area (TPSA) is 47.6 Å². The minimum atomic E-state index is 0.661. The third-order valence-corrected chi connectivity index (χ3v) is 6.49. The highest BCUT2D eigenvalue weighted by Gasteiger charge is 2.11. The average molecular weight is 431 g/mol. The Morgan fingerprint density at radius 3 is 1.21 bits per heavy atom. The lowest BCUT2D eigenvalue weighted by Crippen LogP contribution is -1.87. The standard InChI is InChI=1S/C32H18N2/c33-19-21-5-3-7-23(15-21)25-11-13-29-30-14-12-26(24-8-4-6-22(16-24)20-34)18-32(30)28-10-2-1-9-27(28)31(29)17-25/h1-18H. The maximum Gasteiger partial charge on any atom is 0.0991 e. The molecule has 0 saturated heterocycles. The summed E-state index contributed by atoms with van der Waals surface area (Å²) < 4.78 is 0. The van der Waals surface area contributed by atoms with Gasteiger partial charge < -0.3 is 0 Å². The van der Waals surface area contributed by atoms with Crippen molar-refractivity contribution in [1.29, 1.82) is 10.5 Å². The summed E-state index contributed by atoms with van der Waals surface area (Å²) in [6, 6.07) is 41.6. The monoisotopic (exact) mass is 430 g/mol. The van der Waals surface area contributed by atoms with Crippen molar-refractivity contribution in [3.63, 3.8) is 0 Å². The fourth-order valence-electron chi connectivity index (χ4n) is 4.85. The molecule has 6 rings (SSSR count). The number of nitriles is 2. The molecule has 0 N–H and O–H groups in total. The van der Waals surface area contributed by atoms with E-state index in [1.807, 2.05) is 48.5 Å². The number of fused-ring (bicyclic) bond motifs is 6. The van der Waals surface area contributed by atoms with E-state index in [1.54, 1.807) is 0 Å². The van der Waals surface area contributed by atoms with Crippen molar-refractivity contribution >= 4 is 32.3 Å². The summed E-state index contributed by atoms with van der Waals surface area (Å²) in [7, 11) is 0. The predicted molar refractivity (Wildman–Crippen MR) is 139 cm³/mol. The lowest BCUT2D eigenvalue weighted by Gasteiger charge is -2.13. The molecule has 0 bridgehead atoms. The first-order chi connectivity index (χ1) is 16.7. The van der Waals surface area contributed by atoms with Gasteiger partial charge in [-0.3, -0.25) is 0 Å². The molecule has 156 valence electrons. The van der Waals surface area contributed by atoms with Crippen LogP contribution in [0.25, 0.3) is 54.6 Å². The maximum atomic E-state index is 9.31. The van der Waals surface area contributed by atoms with Crippen LogP contribution < -0.4 is 0 Å². The Balaban J connectivity index is 1.63. The van der Waals surface area contributed by atoms with Crippen LogP contribution in [0.15, 0.2) is 109 Å². The van der Waals surface area contributed by atoms with Crippen LogP contribution in [-0.2, 0) is 0 Å². The summed E-state index contributed by atoms with van der Waals surface area (Å²) in [5, 5.41) is 25.8. The van der Waals surface area contributed by atoms with Gasteiger partial charge >= 0.3 is 0 Å². The molecule has 0 fully saturated rings. The van der Waals surface area contributed by atoms with E-state index in [4.69, 9.17) is 0 Å². The molecule has 0 aromatic heterocycles. The molecule has 0 atom stereocenters. The number of rotatable bonds is 2. The minimum Gasteiger partial charge on any atom is -0.192 e. The van der Waals surface area contributed by atoms with Gasteiger partial charge in [0.15, 0.2) is 0 Å². The van der Waals surface area contributed by atoms with Crippen molar-refractivity contribution in [2.75, 3.05) is 0 Å². The first kappa shape index (κ1) is 19.7. The van der Waals surface area contributed by atoms with E-state index in [0.717, 1.165) is 22.3 Å². The van der Waals surface area contributed by atoms with E-state index in [-0.39, 0.29) is 0 Å². The van der Waals surface area contributed by atoms with E-state index in [2.05, 4.69) is 72.8 Å². The summed E-state index contributed by atoms with van der Waals surface area (Å²) in [6.07, 6.45) is 0. The molecule has 0 heterocycles. The first-order valence-corrected chi connectivity index (χ1v) is 11.1. The molecule has 0 aliphatic heterocycles. The summed E-state index contributed by atoms with van der Waals surface area (Å²) in [5.41, 5.74) is 5.59. The van der Waals surface area contributed by atoms with E-state index < -0.39 is 0 Å². The third-order valence-electron chi connectivity index (χ3n) is 6.49. The molecule has 6 aromatic rings. The Morgan fingerprint density at radius 1 is 0.353 bits per heavy atom. The normalized spacial score (nSPS) is 10.9. The Bertz CT molecular complexity index is 1680. The predicted octanol–water partition coefficient (Wildman–Crippen LogP) is 8.22. The third kappa shape index (κ3) is 3.18.